The molecule has 0 aliphatic carbocycles. The Kier molecular flexibility index (Phi) is 50.9. The van der Waals surface area contributed by atoms with E-state index in [2.05, 4.69) is 80.5 Å². The first kappa shape index (κ1) is 56.0. The zero-order valence-corrected chi connectivity index (χ0v) is 33.7. The maximum Gasteiger partial charge on any atom is 0.121 e. The van der Waals surface area contributed by atoms with E-state index >= 15 is 0 Å². The quantitative estimate of drug-likeness (QED) is 0.207. The van der Waals surface area contributed by atoms with Gasteiger partial charge < -0.3 is 14.2 Å². The van der Waals surface area contributed by atoms with Crippen molar-refractivity contribution < 1.29 is 14.2 Å². The summed E-state index contributed by atoms with van der Waals surface area (Å²) in [5.41, 5.74) is 6.54. The molecule has 265 valence electrons. The molecule has 3 nitrogen and oxygen atoms in total. The standard InChI is InChI=1S/C19H24O.2C6H6.2C2H6O.4C2H6.B/c1-13-7-8-16(11-14(13)2)19(4,5)17-9-10-18(20-6)15(3)12-17;2*1-2-4-6-5-3-1;2*1-3-2;4*1-2;/h7-12H,1-6H3;2*1-6H;2*1-2H3;4*1-2H3;. The van der Waals surface area contributed by atoms with E-state index in [-0.39, 0.29) is 13.8 Å². The van der Waals surface area contributed by atoms with E-state index in [0.717, 1.165) is 5.75 Å². The molecule has 0 atom stereocenters. The summed E-state index contributed by atoms with van der Waals surface area (Å²) >= 11 is 0. The number of hydrogen-bond donors (Lipinski definition) is 0. The Morgan fingerprint density at radius 2 is 0.660 bits per heavy atom. The molecule has 0 N–H and O–H groups in total. The van der Waals surface area contributed by atoms with Gasteiger partial charge in [-0.1, -0.05) is 172 Å². The fourth-order valence-corrected chi connectivity index (χ4v) is 3.33. The highest BCUT2D eigenvalue weighted by atomic mass is 16.5. The first-order valence-corrected chi connectivity index (χ1v) is 16.7. The Hall–Kier alpha value is -3.34. The highest BCUT2D eigenvalue weighted by Gasteiger charge is 2.24. The molecule has 0 heterocycles. The molecule has 0 saturated carbocycles. The maximum atomic E-state index is 5.35. The molecule has 0 aromatic heterocycles. The van der Waals surface area contributed by atoms with Crippen LogP contribution in [0.3, 0.4) is 0 Å². The predicted molar refractivity (Wildman–Crippen MR) is 216 cm³/mol. The lowest BCUT2D eigenvalue weighted by Gasteiger charge is -2.27. The first-order chi connectivity index (χ1) is 22.2. The third-order valence-electron chi connectivity index (χ3n) is 5.68. The van der Waals surface area contributed by atoms with E-state index in [1.807, 2.05) is 128 Å². The van der Waals surface area contributed by atoms with E-state index in [1.165, 1.54) is 27.8 Å². The van der Waals surface area contributed by atoms with Crippen LogP contribution in [0, 0.1) is 20.8 Å². The van der Waals surface area contributed by atoms with E-state index in [4.69, 9.17) is 4.74 Å². The lowest BCUT2D eigenvalue weighted by Crippen LogP contribution is -2.19. The van der Waals surface area contributed by atoms with Gasteiger partial charge in [0.15, 0.2) is 0 Å². The molecule has 0 saturated heterocycles. The minimum absolute atomic E-state index is 0. The van der Waals surface area contributed by atoms with Crippen molar-refractivity contribution in [3.8, 4) is 5.75 Å². The summed E-state index contributed by atoms with van der Waals surface area (Å²) in [5.74, 6) is 0.949. The van der Waals surface area contributed by atoms with Gasteiger partial charge in [0.05, 0.1) is 7.11 Å². The van der Waals surface area contributed by atoms with Gasteiger partial charge in [0.1, 0.15) is 5.75 Å². The van der Waals surface area contributed by atoms with Gasteiger partial charge in [-0.05, 0) is 54.7 Å². The Balaban J connectivity index is -0.000000128. The van der Waals surface area contributed by atoms with Crippen molar-refractivity contribution in [1.82, 2.24) is 0 Å². The van der Waals surface area contributed by atoms with Crippen LogP contribution >= 0.6 is 0 Å². The fraction of sp³-hybridized carbons (Fsp3) is 0.442. The molecule has 0 aliphatic rings. The van der Waals surface area contributed by atoms with E-state index < -0.39 is 0 Å². The smallest absolute Gasteiger partial charge is 0.121 e. The van der Waals surface area contributed by atoms with Gasteiger partial charge in [-0.2, -0.15) is 0 Å². The molecule has 4 rings (SSSR count). The minimum atomic E-state index is -0.00447. The monoisotopic (exact) mass is 648 g/mol. The van der Waals surface area contributed by atoms with Crippen molar-refractivity contribution in [2.75, 3.05) is 35.5 Å². The highest BCUT2D eigenvalue weighted by molar-refractivity contribution is 5.75. The summed E-state index contributed by atoms with van der Waals surface area (Å²) < 4.78 is 13.9. The second-order valence-electron chi connectivity index (χ2n) is 9.23. The molecule has 0 amide bonds. The molecule has 0 unspecified atom stereocenters. The lowest BCUT2D eigenvalue weighted by atomic mass is 9.77. The van der Waals surface area contributed by atoms with Crippen molar-refractivity contribution in [2.24, 2.45) is 0 Å². The number of hydrogen-bond acceptors (Lipinski definition) is 3. The van der Waals surface area contributed by atoms with Gasteiger partial charge in [-0.3, -0.25) is 0 Å². The molecular formula is C43H72BO3. The summed E-state index contributed by atoms with van der Waals surface area (Å²) in [6.07, 6.45) is 0. The number of aryl methyl sites for hydroxylation is 3. The van der Waals surface area contributed by atoms with Crippen LogP contribution in [-0.2, 0) is 14.9 Å². The molecule has 0 fully saturated rings. The fourth-order valence-electron chi connectivity index (χ4n) is 3.33. The summed E-state index contributed by atoms with van der Waals surface area (Å²) in [6.45, 7) is 27.0. The minimum Gasteiger partial charge on any atom is -0.496 e. The van der Waals surface area contributed by atoms with Crippen molar-refractivity contribution >= 4 is 8.41 Å². The molecule has 0 aliphatic heterocycles. The molecule has 4 aromatic rings. The highest BCUT2D eigenvalue weighted by Crippen LogP contribution is 2.34. The third-order valence-corrected chi connectivity index (χ3v) is 5.68. The molecule has 4 aromatic carbocycles. The Morgan fingerprint density at radius 3 is 0.894 bits per heavy atom. The average molecular weight is 648 g/mol. The van der Waals surface area contributed by atoms with E-state index in [9.17, 15) is 0 Å². The van der Waals surface area contributed by atoms with Crippen LogP contribution in [0.2, 0.25) is 0 Å². The Bertz CT molecular complexity index is 1010. The van der Waals surface area contributed by atoms with Crippen LogP contribution in [0.1, 0.15) is 97.1 Å². The lowest BCUT2D eigenvalue weighted by molar-refractivity contribution is 0.277. The number of benzene rings is 4. The van der Waals surface area contributed by atoms with Gasteiger partial charge in [-0.15, -0.1) is 0 Å². The number of ether oxygens (including phenoxy) is 3. The van der Waals surface area contributed by atoms with Gasteiger partial charge in [0.2, 0.25) is 0 Å². The van der Waals surface area contributed by atoms with Gasteiger partial charge in [0.25, 0.3) is 0 Å². The van der Waals surface area contributed by atoms with E-state index in [1.54, 1.807) is 35.5 Å². The SMILES string of the molecule is CC.CC.CC.CC.COC.COC.COc1ccc(C(C)(C)c2ccc(C)c(C)c2)cc1C.[B].c1ccccc1.c1ccccc1. The maximum absolute atomic E-state index is 5.35. The van der Waals surface area contributed by atoms with Crippen molar-refractivity contribution in [2.45, 2.75) is 95.4 Å². The van der Waals surface area contributed by atoms with Crippen LogP contribution in [0.15, 0.2) is 109 Å². The van der Waals surface area contributed by atoms with Crippen LogP contribution < -0.4 is 4.74 Å². The first-order valence-electron chi connectivity index (χ1n) is 16.7. The predicted octanol–water partition coefficient (Wildman–Crippen LogP) is 12.6. The second kappa shape index (κ2) is 42.7. The van der Waals surface area contributed by atoms with Crippen LogP contribution in [0.4, 0.5) is 0 Å². The van der Waals surface area contributed by atoms with Crippen molar-refractivity contribution in [1.29, 1.82) is 0 Å². The number of rotatable bonds is 3. The van der Waals surface area contributed by atoms with Crippen LogP contribution in [0.25, 0.3) is 0 Å². The molecule has 4 heteroatoms. The molecule has 3 radical (unpaired) electrons. The van der Waals surface area contributed by atoms with Gasteiger partial charge in [0, 0.05) is 42.3 Å². The zero-order chi connectivity index (χ0) is 36.8. The molecular weight excluding hydrogens is 575 g/mol. The van der Waals surface area contributed by atoms with Crippen LogP contribution in [0.5, 0.6) is 5.75 Å². The van der Waals surface area contributed by atoms with E-state index in [0.29, 0.717) is 0 Å². The third kappa shape index (κ3) is 29.8. The normalized spacial score (nSPS) is 8.21. The van der Waals surface area contributed by atoms with Crippen LogP contribution in [-0.4, -0.2) is 44.0 Å². The summed E-state index contributed by atoms with van der Waals surface area (Å²) in [6, 6.07) is 37.2. The second-order valence-corrected chi connectivity index (χ2v) is 9.23. The largest absolute Gasteiger partial charge is 0.496 e. The van der Waals surface area contributed by atoms with Crippen molar-refractivity contribution in [3.05, 3.63) is 137 Å². The Labute approximate surface area is 295 Å². The summed E-state index contributed by atoms with van der Waals surface area (Å²) in [5, 5.41) is 0. The average Bonchev–Trinajstić information content (AvgIpc) is 3.12. The molecule has 0 bridgehead atoms. The molecule has 47 heavy (non-hydrogen) atoms. The molecule has 0 spiro atoms. The summed E-state index contributed by atoms with van der Waals surface area (Å²) in [4.78, 5) is 0. The Morgan fingerprint density at radius 1 is 0.404 bits per heavy atom. The van der Waals surface area contributed by atoms with Crippen molar-refractivity contribution in [3.63, 3.8) is 0 Å². The topological polar surface area (TPSA) is 27.7 Å². The van der Waals surface area contributed by atoms with Gasteiger partial charge in [-0.25, -0.2) is 0 Å². The van der Waals surface area contributed by atoms with Gasteiger partial charge >= 0.3 is 0 Å². The zero-order valence-electron chi connectivity index (χ0n) is 33.7. The summed E-state index contributed by atoms with van der Waals surface area (Å²) in [7, 11) is 8.22. The number of methoxy groups -OCH3 is 3.